The van der Waals surface area contributed by atoms with Crippen molar-refractivity contribution in [2.24, 2.45) is 0 Å². The Balaban J connectivity index is 1.82. The van der Waals surface area contributed by atoms with Crippen LogP contribution in [0.3, 0.4) is 0 Å². The van der Waals surface area contributed by atoms with E-state index >= 15 is 0 Å². The van der Waals surface area contributed by atoms with Crippen LogP contribution >= 0.6 is 35.2 Å². The Morgan fingerprint density at radius 1 is 1.05 bits per heavy atom. The number of hydrogen-bond acceptors (Lipinski definition) is 4. The van der Waals surface area contributed by atoms with Crippen LogP contribution in [0.2, 0.25) is 5.02 Å². The summed E-state index contributed by atoms with van der Waals surface area (Å²) >= 11 is 12.0. The average molecular weight is 340 g/mol. The normalized spacial score (nSPS) is 9.76. The molecule has 0 saturated carbocycles. The second-order valence-corrected chi connectivity index (χ2v) is 5.64. The molecule has 0 fully saturated rings. The number of hydrogen-bond donors (Lipinski definition) is 3. The van der Waals surface area contributed by atoms with Crippen molar-refractivity contribution in [1.29, 1.82) is 0 Å². The van der Waals surface area contributed by atoms with Gasteiger partial charge in [-0.25, -0.2) is 0 Å². The summed E-state index contributed by atoms with van der Waals surface area (Å²) in [6, 6.07) is 9.80. The van der Waals surface area contributed by atoms with Gasteiger partial charge in [-0.15, -0.1) is 11.3 Å². The Morgan fingerprint density at radius 3 is 2.38 bits per heavy atom. The summed E-state index contributed by atoms with van der Waals surface area (Å²) in [7, 11) is 0. The highest BCUT2D eigenvalue weighted by Crippen LogP contribution is 2.09. The van der Waals surface area contributed by atoms with Crippen LogP contribution < -0.4 is 16.2 Å². The van der Waals surface area contributed by atoms with E-state index in [9.17, 15) is 9.59 Å². The second kappa shape index (κ2) is 7.16. The van der Waals surface area contributed by atoms with Gasteiger partial charge in [-0.3, -0.25) is 25.8 Å². The molecule has 3 N–H and O–H groups in total. The molecule has 0 saturated heterocycles. The third kappa shape index (κ3) is 4.52. The van der Waals surface area contributed by atoms with Gasteiger partial charge in [0.25, 0.3) is 11.8 Å². The molecule has 0 bridgehead atoms. The number of nitrogens with one attached hydrogen (secondary N) is 3. The maximum absolute atomic E-state index is 11.8. The monoisotopic (exact) mass is 339 g/mol. The van der Waals surface area contributed by atoms with Crippen LogP contribution in [-0.2, 0) is 0 Å². The van der Waals surface area contributed by atoms with Crippen molar-refractivity contribution in [3.05, 3.63) is 57.2 Å². The van der Waals surface area contributed by atoms with Crippen LogP contribution in [0.15, 0.2) is 41.8 Å². The molecule has 0 aliphatic heterocycles. The smallest absolute Gasteiger partial charge is 0.269 e. The molecule has 2 rings (SSSR count). The first kappa shape index (κ1) is 15.4. The van der Waals surface area contributed by atoms with Gasteiger partial charge in [-0.1, -0.05) is 17.7 Å². The summed E-state index contributed by atoms with van der Waals surface area (Å²) in [4.78, 5) is 24.0. The first-order chi connectivity index (χ1) is 10.1. The predicted molar refractivity (Wildman–Crippen MR) is 86.4 cm³/mol. The van der Waals surface area contributed by atoms with Gasteiger partial charge >= 0.3 is 0 Å². The average Bonchev–Trinajstić information content (AvgIpc) is 3.00. The van der Waals surface area contributed by atoms with Crippen LogP contribution in [0.1, 0.15) is 20.0 Å². The molecule has 1 aromatic carbocycles. The summed E-state index contributed by atoms with van der Waals surface area (Å²) in [5.74, 6) is -0.720. The molecule has 0 radical (unpaired) electrons. The lowest BCUT2D eigenvalue weighted by atomic mass is 10.2. The Morgan fingerprint density at radius 2 is 1.76 bits per heavy atom. The van der Waals surface area contributed by atoms with Gasteiger partial charge in [0.15, 0.2) is 5.11 Å². The number of hydrazine groups is 1. The maximum Gasteiger partial charge on any atom is 0.269 e. The number of halogens is 1. The molecular weight excluding hydrogens is 330 g/mol. The fraction of sp³-hybridized carbons (Fsp3) is 0. The highest BCUT2D eigenvalue weighted by Gasteiger charge is 2.09. The maximum atomic E-state index is 11.8. The molecule has 5 nitrogen and oxygen atoms in total. The first-order valence-electron chi connectivity index (χ1n) is 5.77. The molecule has 2 aromatic rings. The second-order valence-electron chi connectivity index (χ2n) is 3.85. The van der Waals surface area contributed by atoms with Crippen molar-refractivity contribution >= 4 is 52.1 Å². The van der Waals surface area contributed by atoms with Crippen molar-refractivity contribution in [3.63, 3.8) is 0 Å². The Labute approximate surface area is 135 Å². The summed E-state index contributed by atoms with van der Waals surface area (Å²) < 4.78 is 0. The van der Waals surface area contributed by atoms with E-state index in [-0.39, 0.29) is 16.9 Å². The number of carbonyl (C=O) groups is 2. The predicted octanol–water partition coefficient (Wildman–Crippen LogP) is 2.35. The number of rotatable bonds is 2. The molecule has 0 unspecified atom stereocenters. The standard InChI is InChI=1S/C13H10ClN3O2S2/c14-9-5-3-8(4-6-9)11(18)16-17-13(20)15-12(19)10-2-1-7-21-10/h1-7H,(H,16,18)(H2,15,17,19,20). The lowest BCUT2D eigenvalue weighted by molar-refractivity contribution is 0.0935. The largest absolute Gasteiger partial charge is 0.297 e. The van der Waals surface area contributed by atoms with Crippen LogP contribution in [-0.4, -0.2) is 16.9 Å². The molecule has 0 atom stereocenters. The Kier molecular flexibility index (Phi) is 5.26. The number of thiophene rings is 1. The van der Waals surface area contributed by atoms with Crippen LogP contribution in [0, 0.1) is 0 Å². The van der Waals surface area contributed by atoms with Crippen LogP contribution in [0.4, 0.5) is 0 Å². The minimum Gasteiger partial charge on any atom is -0.297 e. The van der Waals surface area contributed by atoms with Crippen molar-refractivity contribution in [1.82, 2.24) is 16.2 Å². The van der Waals surface area contributed by atoms with Gasteiger partial charge in [0, 0.05) is 10.6 Å². The van der Waals surface area contributed by atoms with Gasteiger partial charge in [-0.2, -0.15) is 0 Å². The van der Waals surface area contributed by atoms with E-state index in [0.29, 0.717) is 15.5 Å². The van der Waals surface area contributed by atoms with E-state index in [0.717, 1.165) is 0 Å². The van der Waals surface area contributed by atoms with Crippen LogP contribution in [0.5, 0.6) is 0 Å². The van der Waals surface area contributed by atoms with E-state index < -0.39 is 0 Å². The van der Waals surface area contributed by atoms with Crippen molar-refractivity contribution in [3.8, 4) is 0 Å². The molecule has 1 aromatic heterocycles. The Bertz CT molecular complexity index is 657. The number of thiocarbonyl (C=S) groups is 1. The first-order valence-corrected chi connectivity index (χ1v) is 7.43. The molecule has 1 heterocycles. The van der Waals surface area contributed by atoms with E-state index in [1.54, 1.807) is 41.8 Å². The number of benzene rings is 1. The zero-order valence-electron chi connectivity index (χ0n) is 10.6. The van der Waals surface area contributed by atoms with E-state index in [1.807, 2.05) is 0 Å². The SMILES string of the molecule is O=C(NNC(=S)NC(=O)c1cccs1)c1ccc(Cl)cc1. The number of carbonyl (C=O) groups excluding carboxylic acids is 2. The fourth-order valence-electron chi connectivity index (χ4n) is 1.39. The zero-order valence-corrected chi connectivity index (χ0v) is 12.9. The topological polar surface area (TPSA) is 70.2 Å². The van der Waals surface area contributed by atoms with Crippen molar-refractivity contribution in [2.45, 2.75) is 0 Å². The molecule has 0 aliphatic carbocycles. The van der Waals surface area contributed by atoms with Gasteiger partial charge < -0.3 is 0 Å². The van der Waals surface area contributed by atoms with Gasteiger partial charge in [-0.05, 0) is 47.9 Å². The molecule has 8 heteroatoms. The summed E-state index contributed by atoms with van der Waals surface area (Å²) in [5, 5.41) is 4.79. The molecule has 2 amide bonds. The molecular formula is C13H10ClN3O2S2. The van der Waals surface area contributed by atoms with Gasteiger partial charge in [0.1, 0.15) is 0 Å². The van der Waals surface area contributed by atoms with Crippen LogP contribution in [0.25, 0.3) is 0 Å². The van der Waals surface area contributed by atoms with Crippen molar-refractivity contribution in [2.75, 3.05) is 0 Å². The minimum atomic E-state index is -0.389. The molecule has 108 valence electrons. The van der Waals surface area contributed by atoms with E-state index in [2.05, 4.69) is 16.2 Å². The third-order valence-electron chi connectivity index (χ3n) is 2.37. The highest BCUT2D eigenvalue weighted by atomic mass is 35.5. The molecule has 0 aliphatic rings. The molecule has 21 heavy (non-hydrogen) atoms. The molecule has 0 spiro atoms. The van der Waals surface area contributed by atoms with E-state index in [4.69, 9.17) is 23.8 Å². The Hall–Kier alpha value is -1.96. The summed E-state index contributed by atoms with van der Waals surface area (Å²) in [5.41, 5.74) is 5.26. The minimum absolute atomic E-state index is 0.00992. The number of amides is 2. The van der Waals surface area contributed by atoms with Gasteiger partial charge in [0.05, 0.1) is 4.88 Å². The van der Waals surface area contributed by atoms with E-state index in [1.165, 1.54) is 11.3 Å². The van der Waals surface area contributed by atoms with Crippen molar-refractivity contribution < 1.29 is 9.59 Å². The lowest BCUT2D eigenvalue weighted by Crippen LogP contribution is -2.48. The quantitative estimate of drug-likeness (QED) is 0.580. The summed E-state index contributed by atoms with van der Waals surface area (Å²) in [6.45, 7) is 0. The fourth-order valence-corrected chi connectivity index (χ4v) is 2.28. The summed E-state index contributed by atoms with van der Waals surface area (Å²) in [6.07, 6.45) is 0. The lowest BCUT2D eigenvalue weighted by Gasteiger charge is -2.10. The highest BCUT2D eigenvalue weighted by molar-refractivity contribution is 7.80. The zero-order chi connectivity index (χ0) is 15.2. The third-order valence-corrected chi connectivity index (χ3v) is 3.69. The van der Waals surface area contributed by atoms with Gasteiger partial charge in [0.2, 0.25) is 0 Å².